The van der Waals surface area contributed by atoms with Crippen LogP contribution in [0.4, 0.5) is 5.69 Å². The molecule has 0 aliphatic carbocycles. The van der Waals surface area contributed by atoms with Gasteiger partial charge in [-0.05, 0) is 82.0 Å². The Morgan fingerprint density at radius 3 is 2.44 bits per heavy atom. The molecular formula is C20H17Br2NO2. The number of benzene rings is 3. The molecule has 128 valence electrons. The van der Waals surface area contributed by atoms with Gasteiger partial charge >= 0.3 is 0 Å². The van der Waals surface area contributed by atoms with Crippen LogP contribution in [0.1, 0.15) is 11.1 Å². The lowest BCUT2D eigenvalue weighted by molar-refractivity contribution is -0.118. The van der Waals surface area contributed by atoms with Crippen molar-refractivity contribution in [2.45, 2.75) is 13.8 Å². The number of carbonyl (C=O) groups excluding carboxylic acids is 1. The average Bonchev–Trinajstić information content (AvgIpc) is 2.53. The molecule has 3 aromatic rings. The Morgan fingerprint density at radius 1 is 1.00 bits per heavy atom. The van der Waals surface area contributed by atoms with E-state index in [1.807, 2.05) is 56.3 Å². The molecule has 0 saturated carbocycles. The fourth-order valence-electron chi connectivity index (χ4n) is 2.74. The third kappa shape index (κ3) is 4.41. The predicted octanol–water partition coefficient (Wildman–Crippen LogP) is 6.00. The number of fused-ring (bicyclic) bond motifs is 1. The summed E-state index contributed by atoms with van der Waals surface area (Å²) in [6.45, 7) is 3.96. The summed E-state index contributed by atoms with van der Waals surface area (Å²) in [5, 5.41) is 5.00. The van der Waals surface area contributed by atoms with Crippen LogP contribution in [0, 0.1) is 13.8 Å². The van der Waals surface area contributed by atoms with Crippen molar-refractivity contribution in [1.82, 2.24) is 0 Å². The summed E-state index contributed by atoms with van der Waals surface area (Å²) < 4.78 is 7.56. The van der Waals surface area contributed by atoms with Gasteiger partial charge in [-0.1, -0.05) is 34.1 Å². The molecule has 0 aliphatic heterocycles. The van der Waals surface area contributed by atoms with E-state index in [0.717, 1.165) is 36.5 Å². The lowest BCUT2D eigenvalue weighted by Crippen LogP contribution is -2.20. The molecule has 0 aliphatic rings. The maximum Gasteiger partial charge on any atom is 0.262 e. The van der Waals surface area contributed by atoms with Gasteiger partial charge in [0.2, 0.25) is 0 Å². The molecule has 5 heteroatoms. The molecule has 0 spiro atoms. The van der Waals surface area contributed by atoms with E-state index >= 15 is 0 Å². The number of hydrogen-bond acceptors (Lipinski definition) is 2. The summed E-state index contributed by atoms with van der Waals surface area (Å²) in [4.78, 5) is 12.2. The van der Waals surface area contributed by atoms with E-state index in [-0.39, 0.29) is 12.5 Å². The maximum atomic E-state index is 12.2. The van der Waals surface area contributed by atoms with Crippen LogP contribution in [0.25, 0.3) is 10.8 Å². The largest absolute Gasteiger partial charge is 0.483 e. The highest BCUT2D eigenvalue weighted by Crippen LogP contribution is 2.34. The van der Waals surface area contributed by atoms with Crippen LogP contribution in [-0.4, -0.2) is 12.5 Å². The zero-order valence-electron chi connectivity index (χ0n) is 13.9. The SMILES string of the molecule is Cc1cc(C)cc(NC(=O)COc2ccc3cc(Br)ccc3c2Br)c1. The van der Waals surface area contributed by atoms with Crippen molar-refractivity contribution in [3.8, 4) is 5.75 Å². The van der Waals surface area contributed by atoms with Gasteiger partial charge in [-0.25, -0.2) is 0 Å². The van der Waals surface area contributed by atoms with Gasteiger partial charge in [0.25, 0.3) is 5.91 Å². The number of carbonyl (C=O) groups is 1. The predicted molar refractivity (Wildman–Crippen MR) is 109 cm³/mol. The number of amides is 1. The Morgan fingerprint density at radius 2 is 1.72 bits per heavy atom. The molecule has 3 aromatic carbocycles. The Balaban J connectivity index is 1.70. The highest BCUT2D eigenvalue weighted by molar-refractivity contribution is 9.11. The maximum absolute atomic E-state index is 12.2. The first-order valence-corrected chi connectivity index (χ1v) is 9.40. The van der Waals surface area contributed by atoms with Gasteiger partial charge in [0.1, 0.15) is 5.75 Å². The summed E-state index contributed by atoms with van der Waals surface area (Å²) >= 11 is 7.04. The highest BCUT2D eigenvalue weighted by atomic mass is 79.9. The molecule has 0 aromatic heterocycles. The van der Waals surface area contributed by atoms with Crippen LogP contribution < -0.4 is 10.1 Å². The first kappa shape index (κ1) is 18.0. The summed E-state index contributed by atoms with van der Waals surface area (Å²) in [5.74, 6) is 0.457. The van der Waals surface area contributed by atoms with Gasteiger partial charge in [0, 0.05) is 10.2 Å². The quantitative estimate of drug-likeness (QED) is 0.516. The van der Waals surface area contributed by atoms with Crippen LogP contribution in [0.3, 0.4) is 0 Å². The third-order valence-corrected chi connectivity index (χ3v) is 5.06. The van der Waals surface area contributed by atoms with E-state index in [0.29, 0.717) is 5.75 Å². The number of rotatable bonds is 4. The zero-order valence-corrected chi connectivity index (χ0v) is 17.1. The molecule has 0 atom stereocenters. The van der Waals surface area contributed by atoms with Gasteiger partial charge in [0.05, 0.1) is 4.47 Å². The molecule has 25 heavy (non-hydrogen) atoms. The van der Waals surface area contributed by atoms with Crippen LogP contribution >= 0.6 is 31.9 Å². The fourth-order valence-corrected chi connectivity index (χ4v) is 3.73. The standard InChI is InChI=1S/C20H17Br2NO2/c1-12-7-13(2)9-16(8-12)23-19(24)11-25-18-6-3-14-10-15(21)4-5-17(14)20(18)22/h3-10H,11H2,1-2H3,(H,23,24). The van der Waals surface area contributed by atoms with E-state index < -0.39 is 0 Å². The molecule has 0 fully saturated rings. The molecule has 0 heterocycles. The van der Waals surface area contributed by atoms with E-state index in [1.54, 1.807) is 0 Å². The molecule has 1 N–H and O–H groups in total. The first-order chi connectivity index (χ1) is 11.9. The van der Waals surface area contributed by atoms with Gasteiger partial charge in [-0.15, -0.1) is 0 Å². The number of hydrogen-bond donors (Lipinski definition) is 1. The summed E-state index contributed by atoms with van der Waals surface area (Å²) in [6.07, 6.45) is 0. The topological polar surface area (TPSA) is 38.3 Å². The molecular weight excluding hydrogens is 446 g/mol. The Labute approximate surface area is 163 Å². The molecule has 0 saturated heterocycles. The number of anilines is 1. The van der Waals surface area contributed by atoms with Crippen molar-refractivity contribution in [2.75, 3.05) is 11.9 Å². The van der Waals surface area contributed by atoms with Gasteiger partial charge in [-0.2, -0.15) is 0 Å². The van der Waals surface area contributed by atoms with Crippen LogP contribution in [0.15, 0.2) is 57.5 Å². The Bertz CT molecular complexity index is 934. The van der Waals surface area contributed by atoms with Crippen molar-refractivity contribution in [3.05, 3.63) is 68.6 Å². The van der Waals surface area contributed by atoms with Crippen molar-refractivity contribution in [1.29, 1.82) is 0 Å². The fraction of sp³-hybridized carbons (Fsp3) is 0.150. The van der Waals surface area contributed by atoms with Crippen molar-refractivity contribution < 1.29 is 9.53 Å². The monoisotopic (exact) mass is 461 g/mol. The minimum atomic E-state index is -0.187. The first-order valence-electron chi connectivity index (χ1n) is 7.81. The minimum Gasteiger partial charge on any atom is -0.483 e. The molecule has 1 amide bonds. The molecule has 0 bridgehead atoms. The second-order valence-corrected chi connectivity index (χ2v) is 7.67. The van der Waals surface area contributed by atoms with E-state index in [2.05, 4.69) is 43.2 Å². The summed E-state index contributed by atoms with van der Waals surface area (Å²) in [6, 6.07) is 15.8. The van der Waals surface area contributed by atoms with Crippen LogP contribution in [0.2, 0.25) is 0 Å². The third-order valence-electron chi connectivity index (χ3n) is 3.74. The number of halogens is 2. The molecule has 3 rings (SSSR count). The zero-order chi connectivity index (χ0) is 18.0. The summed E-state index contributed by atoms with van der Waals surface area (Å²) in [5.41, 5.74) is 3.01. The molecule has 0 radical (unpaired) electrons. The minimum absolute atomic E-state index is 0.0480. The van der Waals surface area contributed by atoms with Crippen molar-refractivity contribution in [3.63, 3.8) is 0 Å². The van der Waals surface area contributed by atoms with Gasteiger partial charge < -0.3 is 10.1 Å². The van der Waals surface area contributed by atoms with E-state index in [9.17, 15) is 4.79 Å². The highest BCUT2D eigenvalue weighted by Gasteiger charge is 2.10. The van der Waals surface area contributed by atoms with Crippen molar-refractivity contribution >= 4 is 54.2 Å². The Kier molecular flexibility index (Phi) is 5.45. The average molecular weight is 463 g/mol. The Hall–Kier alpha value is -1.85. The van der Waals surface area contributed by atoms with E-state index in [4.69, 9.17) is 4.74 Å². The second-order valence-electron chi connectivity index (χ2n) is 5.96. The number of ether oxygens (including phenoxy) is 1. The van der Waals surface area contributed by atoms with Gasteiger partial charge in [0.15, 0.2) is 6.61 Å². The second kappa shape index (κ2) is 7.58. The van der Waals surface area contributed by atoms with Crippen molar-refractivity contribution in [2.24, 2.45) is 0 Å². The van der Waals surface area contributed by atoms with Crippen LogP contribution in [0.5, 0.6) is 5.75 Å². The summed E-state index contributed by atoms with van der Waals surface area (Å²) in [7, 11) is 0. The van der Waals surface area contributed by atoms with Gasteiger partial charge in [-0.3, -0.25) is 4.79 Å². The molecule has 0 unspecified atom stereocenters. The lowest BCUT2D eigenvalue weighted by atomic mass is 10.1. The van der Waals surface area contributed by atoms with Crippen LogP contribution in [-0.2, 0) is 4.79 Å². The number of nitrogens with one attached hydrogen (secondary N) is 1. The smallest absolute Gasteiger partial charge is 0.262 e. The normalized spacial score (nSPS) is 10.7. The lowest BCUT2D eigenvalue weighted by Gasteiger charge is -2.11. The number of aryl methyl sites for hydroxylation is 2. The molecule has 3 nitrogen and oxygen atoms in total. The van der Waals surface area contributed by atoms with E-state index in [1.165, 1.54) is 0 Å².